The maximum Gasteiger partial charge on any atom is 0.253 e. The lowest BCUT2D eigenvalue weighted by molar-refractivity contribution is 0.0522. The van der Waals surface area contributed by atoms with Gasteiger partial charge >= 0.3 is 0 Å². The minimum atomic E-state index is -3.48. The number of carbonyl (C=O) groups excluding carboxylic acids is 1. The molecule has 0 radical (unpaired) electrons. The number of rotatable bonds is 6. The fraction of sp³-hybridized carbons (Fsp3) is 0.600. The summed E-state index contributed by atoms with van der Waals surface area (Å²) < 4.78 is 26.9. The zero-order chi connectivity index (χ0) is 19.7. The Kier molecular flexibility index (Phi) is 5.22. The Balaban J connectivity index is 1.81. The summed E-state index contributed by atoms with van der Waals surface area (Å²) in [5.74, 6) is -0.235. The minimum Gasteiger partial charge on any atom is -0.347 e. The van der Waals surface area contributed by atoms with E-state index >= 15 is 0 Å². The lowest BCUT2D eigenvalue weighted by Gasteiger charge is -2.50. The van der Waals surface area contributed by atoms with Crippen LogP contribution in [-0.4, -0.2) is 25.6 Å². The molecule has 0 unspecified atom stereocenters. The third-order valence-corrected chi connectivity index (χ3v) is 7.50. The van der Waals surface area contributed by atoms with Crippen molar-refractivity contribution in [3.63, 3.8) is 0 Å². The molecule has 0 heterocycles. The number of hydrogen-bond acceptors (Lipinski definition) is 4. The van der Waals surface area contributed by atoms with E-state index in [2.05, 4.69) is 16.1 Å². The van der Waals surface area contributed by atoms with Gasteiger partial charge in [0.1, 0.15) is 0 Å². The SMILES string of the molecule is CCCS(=O)(=O)Nc1ccc(C)cc1C(=O)NC12CCC(C#N)(CC1)CC2. The van der Waals surface area contributed by atoms with E-state index in [-0.39, 0.29) is 22.6 Å². The molecular weight excluding hydrogens is 362 g/mol. The molecule has 1 aromatic carbocycles. The number of carbonyl (C=O) groups is 1. The molecule has 6 nitrogen and oxygen atoms in total. The topological polar surface area (TPSA) is 99.1 Å². The Labute approximate surface area is 161 Å². The second kappa shape index (κ2) is 7.16. The number of sulfonamides is 1. The molecule has 3 fully saturated rings. The first kappa shape index (κ1) is 19.7. The van der Waals surface area contributed by atoms with Crippen LogP contribution < -0.4 is 10.0 Å². The van der Waals surface area contributed by atoms with E-state index in [1.807, 2.05) is 6.92 Å². The number of aryl methyl sites for hydroxylation is 1. The van der Waals surface area contributed by atoms with Crippen molar-refractivity contribution in [2.75, 3.05) is 10.5 Å². The van der Waals surface area contributed by atoms with Gasteiger partial charge in [-0.2, -0.15) is 5.26 Å². The van der Waals surface area contributed by atoms with E-state index in [9.17, 15) is 18.5 Å². The van der Waals surface area contributed by atoms with Crippen molar-refractivity contribution in [2.24, 2.45) is 5.41 Å². The highest BCUT2D eigenvalue weighted by molar-refractivity contribution is 7.92. The number of nitrogens with one attached hydrogen (secondary N) is 2. The number of nitriles is 1. The molecule has 1 amide bonds. The molecule has 3 aliphatic rings. The van der Waals surface area contributed by atoms with Gasteiger partial charge in [-0.05, 0) is 64.0 Å². The van der Waals surface area contributed by atoms with Crippen LogP contribution in [0.4, 0.5) is 5.69 Å². The molecule has 4 rings (SSSR count). The van der Waals surface area contributed by atoms with Gasteiger partial charge in [-0.1, -0.05) is 18.6 Å². The molecule has 0 aliphatic heterocycles. The maximum absolute atomic E-state index is 13.0. The fourth-order valence-corrected chi connectivity index (χ4v) is 5.42. The Morgan fingerprint density at radius 2 is 1.81 bits per heavy atom. The van der Waals surface area contributed by atoms with Crippen LogP contribution in [-0.2, 0) is 10.0 Å². The average Bonchev–Trinajstić information content (AvgIpc) is 2.64. The van der Waals surface area contributed by atoms with E-state index in [0.29, 0.717) is 17.7 Å². The molecule has 0 saturated heterocycles. The summed E-state index contributed by atoms with van der Waals surface area (Å²) >= 11 is 0. The van der Waals surface area contributed by atoms with Gasteiger partial charge < -0.3 is 5.32 Å². The Bertz CT molecular complexity index is 862. The lowest BCUT2D eigenvalue weighted by atomic mass is 9.58. The first-order valence-corrected chi connectivity index (χ1v) is 11.2. The zero-order valence-corrected chi connectivity index (χ0v) is 16.8. The van der Waals surface area contributed by atoms with E-state index in [4.69, 9.17) is 0 Å². The standard InChI is InChI=1S/C20H27N3O3S/c1-3-12-27(25,26)23-17-5-4-15(2)13-16(17)18(24)22-20-9-6-19(14-21,7-10-20)8-11-20/h4-5,13,23H,3,6-12H2,1-2H3,(H,22,24). The van der Waals surface area contributed by atoms with Crippen molar-refractivity contribution in [1.29, 1.82) is 5.26 Å². The van der Waals surface area contributed by atoms with Gasteiger partial charge in [0.15, 0.2) is 0 Å². The molecular formula is C20H27N3O3S. The van der Waals surface area contributed by atoms with Crippen LogP contribution >= 0.6 is 0 Å². The molecule has 3 aliphatic carbocycles. The van der Waals surface area contributed by atoms with Crippen LogP contribution in [0.25, 0.3) is 0 Å². The van der Waals surface area contributed by atoms with Gasteiger partial charge in [0, 0.05) is 5.54 Å². The third kappa shape index (κ3) is 4.11. The highest BCUT2D eigenvalue weighted by atomic mass is 32.2. The van der Waals surface area contributed by atoms with Crippen LogP contribution in [0.5, 0.6) is 0 Å². The van der Waals surface area contributed by atoms with Gasteiger partial charge in [0.2, 0.25) is 10.0 Å². The van der Waals surface area contributed by atoms with Crippen molar-refractivity contribution in [2.45, 2.75) is 64.3 Å². The van der Waals surface area contributed by atoms with Crippen LogP contribution in [0.15, 0.2) is 18.2 Å². The molecule has 146 valence electrons. The zero-order valence-electron chi connectivity index (χ0n) is 16.0. The van der Waals surface area contributed by atoms with Crippen molar-refractivity contribution < 1.29 is 13.2 Å². The van der Waals surface area contributed by atoms with Crippen molar-refractivity contribution >= 4 is 21.6 Å². The maximum atomic E-state index is 13.0. The van der Waals surface area contributed by atoms with Gasteiger partial charge in [-0.15, -0.1) is 0 Å². The largest absolute Gasteiger partial charge is 0.347 e. The number of benzene rings is 1. The summed E-state index contributed by atoms with van der Waals surface area (Å²) in [7, 11) is -3.48. The molecule has 0 spiro atoms. The molecule has 0 aromatic heterocycles. The third-order valence-electron chi connectivity index (χ3n) is 6.02. The summed E-state index contributed by atoms with van der Waals surface area (Å²) in [6.45, 7) is 3.68. The molecule has 3 saturated carbocycles. The molecule has 27 heavy (non-hydrogen) atoms. The number of fused-ring (bicyclic) bond motifs is 3. The van der Waals surface area contributed by atoms with Gasteiger partial charge in [-0.3, -0.25) is 9.52 Å². The Morgan fingerprint density at radius 1 is 1.19 bits per heavy atom. The van der Waals surface area contributed by atoms with Crippen LogP contribution in [0.2, 0.25) is 0 Å². The van der Waals surface area contributed by atoms with Crippen LogP contribution in [0.1, 0.15) is 67.8 Å². The lowest BCUT2D eigenvalue weighted by Crippen LogP contribution is -2.56. The number of amides is 1. The van der Waals surface area contributed by atoms with E-state index in [1.165, 1.54) is 0 Å². The highest BCUT2D eigenvalue weighted by Gasteiger charge is 2.49. The monoisotopic (exact) mass is 389 g/mol. The number of anilines is 1. The second-order valence-corrected chi connectivity index (χ2v) is 9.94. The van der Waals surface area contributed by atoms with Crippen molar-refractivity contribution in [3.05, 3.63) is 29.3 Å². The van der Waals surface area contributed by atoms with Crippen molar-refractivity contribution in [1.82, 2.24) is 5.32 Å². The molecule has 0 atom stereocenters. The summed E-state index contributed by atoms with van der Waals surface area (Å²) in [5.41, 5.74) is 1.08. The summed E-state index contributed by atoms with van der Waals surface area (Å²) in [4.78, 5) is 13.0. The normalized spacial score (nSPS) is 27.0. The second-order valence-electron chi connectivity index (χ2n) is 8.10. The van der Waals surface area contributed by atoms with Gasteiger partial charge in [0.05, 0.1) is 28.5 Å². The van der Waals surface area contributed by atoms with E-state index in [0.717, 1.165) is 44.1 Å². The predicted octanol–water partition coefficient (Wildman–Crippen LogP) is 3.49. The predicted molar refractivity (Wildman–Crippen MR) is 105 cm³/mol. The summed E-state index contributed by atoms with van der Waals surface area (Å²) in [6, 6.07) is 7.64. The highest BCUT2D eigenvalue weighted by Crippen LogP contribution is 2.52. The number of hydrogen-bond donors (Lipinski definition) is 2. The first-order chi connectivity index (χ1) is 12.7. The summed E-state index contributed by atoms with van der Waals surface area (Å²) in [5, 5.41) is 12.6. The average molecular weight is 390 g/mol. The molecule has 2 N–H and O–H groups in total. The van der Waals surface area contributed by atoms with E-state index in [1.54, 1.807) is 25.1 Å². The van der Waals surface area contributed by atoms with Gasteiger partial charge in [0.25, 0.3) is 5.91 Å². The molecule has 1 aromatic rings. The summed E-state index contributed by atoms with van der Waals surface area (Å²) in [6.07, 6.45) is 5.35. The Hall–Kier alpha value is -2.07. The van der Waals surface area contributed by atoms with E-state index < -0.39 is 10.0 Å². The van der Waals surface area contributed by atoms with Gasteiger partial charge in [-0.25, -0.2) is 8.42 Å². The minimum absolute atomic E-state index is 0.0160. The fourth-order valence-electron chi connectivity index (χ4n) is 4.27. The molecule has 2 bridgehead atoms. The van der Waals surface area contributed by atoms with Crippen LogP contribution in [0.3, 0.4) is 0 Å². The van der Waals surface area contributed by atoms with Crippen molar-refractivity contribution in [3.8, 4) is 6.07 Å². The van der Waals surface area contributed by atoms with Crippen LogP contribution in [0, 0.1) is 23.7 Å². The first-order valence-electron chi connectivity index (χ1n) is 9.57. The quantitative estimate of drug-likeness (QED) is 0.778. The number of nitrogens with zero attached hydrogens (tertiary/aromatic N) is 1. The molecule has 7 heteroatoms. The Morgan fingerprint density at radius 3 is 2.37 bits per heavy atom. The smallest absolute Gasteiger partial charge is 0.253 e.